The SMILES string of the molecule is CCNC(=O)NC(CC(=O)O)c1ccccc1. The molecule has 5 nitrogen and oxygen atoms in total. The summed E-state index contributed by atoms with van der Waals surface area (Å²) in [6.07, 6.45) is -0.138. The average Bonchev–Trinajstić information content (AvgIpc) is 2.29. The molecule has 0 saturated heterocycles. The fraction of sp³-hybridized carbons (Fsp3) is 0.333. The fourth-order valence-electron chi connectivity index (χ4n) is 1.48. The maximum absolute atomic E-state index is 11.4. The van der Waals surface area contributed by atoms with Gasteiger partial charge in [-0.25, -0.2) is 4.79 Å². The molecule has 1 rings (SSSR count). The summed E-state index contributed by atoms with van der Waals surface area (Å²) in [5.41, 5.74) is 0.779. The van der Waals surface area contributed by atoms with E-state index in [4.69, 9.17) is 5.11 Å². The van der Waals surface area contributed by atoms with E-state index in [1.165, 1.54) is 0 Å². The predicted molar refractivity (Wildman–Crippen MR) is 63.6 cm³/mol. The number of rotatable bonds is 5. The van der Waals surface area contributed by atoms with Gasteiger partial charge in [0.2, 0.25) is 0 Å². The van der Waals surface area contributed by atoms with Gasteiger partial charge >= 0.3 is 12.0 Å². The standard InChI is InChI=1S/C12H16N2O3/c1-2-13-12(17)14-10(8-11(15)16)9-6-4-3-5-7-9/h3-7,10H,2,8H2,1H3,(H,15,16)(H2,13,14,17). The van der Waals surface area contributed by atoms with Crippen LogP contribution in [0.15, 0.2) is 30.3 Å². The first-order valence-electron chi connectivity index (χ1n) is 5.44. The number of amides is 2. The van der Waals surface area contributed by atoms with Crippen molar-refractivity contribution in [2.24, 2.45) is 0 Å². The molecule has 0 bridgehead atoms. The van der Waals surface area contributed by atoms with Crippen molar-refractivity contribution < 1.29 is 14.7 Å². The molecule has 2 amide bonds. The Bertz CT molecular complexity index is 379. The molecule has 0 radical (unpaired) electrons. The predicted octanol–water partition coefficient (Wildman–Crippen LogP) is 1.52. The number of nitrogens with one attached hydrogen (secondary N) is 2. The second kappa shape index (κ2) is 6.52. The first-order valence-corrected chi connectivity index (χ1v) is 5.44. The van der Waals surface area contributed by atoms with E-state index in [1.807, 2.05) is 18.2 Å². The molecule has 5 heteroatoms. The molecule has 92 valence electrons. The minimum Gasteiger partial charge on any atom is -0.481 e. The molecule has 1 aromatic carbocycles. The summed E-state index contributed by atoms with van der Waals surface area (Å²) < 4.78 is 0. The Morgan fingerprint density at radius 3 is 2.47 bits per heavy atom. The highest BCUT2D eigenvalue weighted by Gasteiger charge is 2.17. The van der Waals surface area contributed by atoms with Crippen LogP contribution in [0.4, 0.5) is 4.79 Å². The number of urea groups is 1. The number of carboxylic acid groups (broad SMARTS) is 1. The summed E-state index contributed by atoms with van der Waals surface area (Å²) in [6, 6.07) is 8.17. The van der Waals surface area contributed by atoms with Crippen molar-refractivity contribution in [1.82, 2.24) is 10.6 Å². The molecule has 1 aromatic rings. The smallest absolute Gasteiger partial charge is 0.315 e. The highest BCUT2D eigenvalue weighted by atomic mass is 16.4. The minimum atomic E-state index is -0.948. The maximum Gasteiger partial charge on any atom is 0.315 e. The third-order valence-electron chi connectivity index (χ3n) is 2.22. The maximum atomic E-state index is 11.4. The Labute approximate surface area is 99.8 Å². The third kappa shape index (κ3) is 4.55. The van der Waals surface area contributed by atoms with Gasteiger partial charge in [0.25, 0.3) is 0 Å². The first-order chi connectivity index (χ1) is 8.13. The van der Waals surface area contributed by atoms with Gasteiger partial charge in [0.15, 0.2) is 0 Å². The number of benzene rings is 1. The summed E-state index contributed by atoms with van der Waals surface area (Å²) in [5.74, 6) is -0.948. The summed E-state index contributed by atoms with van der Waals surface area (Å²) in [6.45, 7) is 2.30. The molecule has 0 aliphatic heterocycles. The van der Waals surface area contributed by atoms with E-state index in [0.29, 0.717) is 6.54 Å². The lowest BCUT2D eigenvalue weighted by molar-refractivity contribution is -0.137. The van der Waals surface area contributed by atoms with Gasteiger partial charge in [-0.15, -0.1) is 0 Å². The van der Waals surface area contributed by atoms with E-state index in [9.17, 15) is 9.59 Å². The molecule has 0 heterocycles. The highest BCUT2D eigenvalue weighted by molar-refractivity contribution is 5.76. The highest BCUT2D eigenvalue weighted by Crippen LogP contribution is 2.16. The fourth-order valence-corrected chi connectivity index (χ4v) is 1.48. The quantitative estimate of drug-likeness (QED) is 0.725. The van der Waals surface area contributed by atoms with Crippen molar-refractivity contribution in [1.29, 1.82) is 0 Å². The van der Waals surface area contributed by atoms with Crippen LogP contribution >= 0.6 is 0 Å². The largest absolute Gasteiger partial charge is 0.481 e. The van der Waals surface area contributed by atoms with Crippen LogP contribution in [0.1, 0.15) is 24.9 Å². The second-order valence-corrected chi connectivity index (χ2v) is 3.56. The van der Waals surface area contributed by atoms with Crippen LogP contribution in [0.2, 0.25) is 0 Å². The topological polar surface area (TPSA) is 78.4 Å². The number of carbonyl (C=O) groups is 2. The molecule has 0 aromatic heterocycles. The van der Waals surface area contributed by atoms with Crippen molar-refractivity contribution in [3.63, 3.8) is 0 Å². The molecule has 0 aliphatic rings. The van der Waals surface area contributed by atoms with Crippen LogP contribution in [-0.2, 0) is 4.79 Å². The van der Waals surface area contributed by atoms with Gasteiger partial charge in [-0.3, -0.25) is 4.79 Å². The van der Waals surface area contributed by atoms with E-state index in [0.717, 1.165) is 5.56 Å². The zero-order valence-corrected chi connectivity index (χ0v) is 9.64. The Kier molecular flexibility index (Phi) is 5.00. The minimum absolute atomic E-state index is 0.138. The van der Waals surface area contributed by atoms with Gasteiger partial charge in [-0.05, 0) is 12.5 Å². The molecule has 3 N–H and O–H groups in total. The van der Waals surface area contributed by atoms with Gasteiger partial charge in [0.05, 0.1) is 12.5 Å². The van der Waals surface area contributed by atoms with Gasteiger partial charge in [-0.1, -0.05) is 30.3 Å². The van der Waals surface area contributed by atoms with E-state index in [2.05, 4.69) is 10.6 Å². The van der Waals surface area contributed by atoms with Crippen LogP contribution < -0.4 is 10.6 Å². The molecule has 0 saturated carbocycles. The number of carbonyl (C=O) groups excluding carboxylic acids is 1. The summed E-state index contributed by atoms with van der Waals surface area (Å²) in [7, 11) is 0. The molecular weight excluding hydrogens is 220 g/mol. The Morgan fingerprint density at radius 1 is 1.29 bits per heavy atom. The van der Waals surface area contributed by atoms with Crippen molar-refractivity contribution in [2.45, 2.75) is 19.4 Å². The van der Waals surface area contributed by atoms with Crippen molar-refractivity contribution in [2.75, 3.05) is 6.54 Å². The zero-order chi connectivity index (χ0) is 12.7. The van der Waals surface area contributed by atoms with Crippen LogP contribution in [0.5, 0.6) is 0 Å². The number of aliphatic carboxylic acids is 1. The van der Waals surface area contributed by atoms with Crippen molar-refractivity contribution in [3.8, 4) is 0 Å². The van der Waals surface area contributed by atoms with Crippen LogP contribution in [0.3, 0.4) is 0 Å². The Balaban J connectivity index is 2.74. The lowest BCUT2D eigenvalue weighted by atomic mass is 10.0. The van der Waals surface area contributed by atoms with E-state index >= 15 is 0 Å². The molecule has 0 aliphatic carbocycles. The molecule has 0 fully saturated rings. The second-order valence-electron chi connectivity index (χ2n) is 3.56. The van der Waals surface area contributed by atoms with Crippen molar-refractivity contribution >= 4 is 12.0 Å². The van der Waals surface area contributed by atoms with Gasteiger partial charge in [0.1, 0.15) is 0 Å². The zero-order valence-electron chi connectivity index (χ0n) is 9.64. The first kappa shape index (κ1) is 13.0. The summed E-state index contributed by atoms with van der Waals surface area (Å²) >= 11 is 0. The van der Waals surface area contributed by atoms with E-state index < -0.39 is 12.0 Å². The molecular formula is C12H16N2O3. The van der Waals surface area contributed by atoms with Gasteiger partial charge < -0.3 is 15.7 Å². The van der Waals surface area contributed by atoms with Crippen LogP contribution in [0, 0.1) is 0 Å². The lowest BCUT2D eigenvalue weighted by Crippen LogP contribution is -2.38. The molecule has 1 atom stereocenters. The molecule has 0 spiro atoms. The summed E-state index contributed by atoms with van der Waals surface area (Å²) in [5, 5.41) is 14.0. The third-order valence-corrected chi connectivity index (χ3v) is 2.22. The van der Waals surface area contributed by atoms with Crippen LogP contribution in [0.25, 0.3) is 0 Å². The average molecular weight is 236 g/mol. The normalized spacial score (nSPS) is 11.6. The van der Waals surface area contributed by atoms with E-state index in [1.54, 1.807) is 19.1 Å². The van der Waals surface area contributed by atoms with Gasteiger partial charge in [0, 0.05) is 6.54 Å². The number of carboxylic acids is 1. The van der Waals surface area contributed by atoms with Crippen LogP contribution in [-0.4, -0.2) is 23.7 Å². The molecule has 1 unspecified atom stereocenters. The summed E-state index contributed by atoms with van der Waals surface area (Å²) in [4.78, 5) is 22.1. The van der Waals surface area contributed by atoms with Gasteiger partial charge in [-0.2, -0.15) is 0 Å². The van der Waals surface area contributed by atoms with Crippen molar-refractivity contribution in [3.05, 3.63) is 35.9 Å². The monoisotopic (exact) mass is 236 g/mol. The Hall–Kier alpha value is -2.04. The number of hydrogen-bond donors (Lipinski definition) is 3. The number of hydrogen-bond acceptors (Lipinski definition) is 2. The Morgan fingerprint density at radius 2 is 1.94 bits per heavy atom. The lowest BCUT2D eigenvalue weighted by Gasteiger charge is -2.17. The van der Waals surface area contributed by atoms with E-state index in [-0.39, 0.29) is 12.5 Å². The molecule has 17 heavy (non-hydrogen) atoms.